The second-order valence-corrected chi connectivity index (χ2v) is 9.20. The van der Waals surface area contributed by atoms with Crippen LogP contribution < -0.4 is 14.8 Å². The van der Waals surface area contributed by atoms with E-state index < -0.39 is 11.9 Å². The summed E-state index contributed by atoms with van der Waals surface area (Å²) in [7, 11) is 3.20. The minimum absolute atomic E-state index is 0.0149. The number of nitrogens with one attached hydrogen (secondary N) is 1. The quantitative estimate of drug-likeness (QED) is 0.539. The van der Waals surface area contributed by atoms with Gasteiger partial charge in [-0.2, -0.15) is 0 Å². The summed E-state index contributed by atoms with van der Waals surface area (Å²) in [4.78, 5) is 26.9. The summed E-state index contributed by atoms with van der Waals surface area (Å²) >= 11 is 0. The Morgan fingerprint density at radius 2 is 1.86 bits per heavy atom. The van der Waals surface area contributed by atoms with Crippen LogP contribution in [0, 0.1) is 6.92 Å². The van der Waals surface area contributed by atoms with Crippen LogP contribution in [0.4, 0.5) is 0 Å². The van der Waals surface area contributed by atoms with Crippen LogP contribution in [0.5, 0.6) is 11.5 Å². The standard InChI is InChI=1S/C28H33NO6/c1-7-15(2)35-28(31)25-17(4)29-20-12-19(18-9-11-22(32-5)24(14-18)33-6)13-21(30)26(20)27(25)23-10-8-16(3)34-23/h8-11,14-15,19,27,29H,7,12-13H2,1-6H3/t15-,19+,27-/m0/s1. The lowest BCUT2D eigenvalue weighted by Crippen LogP contribution is -2.36. The highest BCUT2D eigenvalue weighted by Crippen LogP contribution is 2.46. The summed E-state index contributed by atoms with van der Waals surface area (Å²) in [5.41, 5.74) is 3.50. The van der Waals surface area contributed by atoms with E-state index in [1.807, 2.05) is 58.0 Å². The van der Waals surface area contributed by atoms with Gasteiger partial charge in [0.25, 0.3) is 0 Å². The van der Waals surface area contributed by atoms with Crippen LogP contribution in [0.15, 0.2) is 57.3 Å². The fourth-order valence-electron chi connectivity index (χ4n) is 4.87. The van der Waals surface area contributed by atoms with E-state index in [4.69, 9.17) is 18.6 Å². The molecule has 1 aliphatic heterocycles. The fourth-order valence-corrected chi connectivity index (χ4v) is 4.87. The van der Waals surface area contributed by atoms with E-state index in [1.54, 1.807) is 14.2 Å². The molecule has 1 aromatic carbocycles. The van der Waals surface area contributed by atoms with E-state index in [2.05, 4.69) is 5.32 Å². The summed E-state index contributed by atoms with van der Waals surface area (Å²) in [5, 5.41) is 3.37. The van der Waals surface area contributed by atoms with Crippen LogP contribution in [0.2, 0.25) is 0 Å². The number of hydrogen-bond donors (Lipinski definition) is 1. The molecule has 2 heterocycles. The van der Waals surface area contributed by atoms with E-state index >= 15 is 0 Å². The van der Waals surface area contributed by atoms with Gasteiger partial charge < -0.3 is 23.9 Å². The molecule has 0 spiro atoms. The number of Topliss-reactive ketones (excluding diaryl/α,β-unsaturated/α-hetero) is 1. The zero-order valence-electron chi connectivity index (χ0n) is 21.2. The van der Waals surface area contributed by atoms with Gasteiger partial charge in [-0.3, -0.25) is 4.79 Å². The van der Waals surface area contributed by atoms with Gasteiger partial charge in [-0.15, -0.1) is 0 Å². The molecule has 0 amide bonds. The fraction of sp³-hybridized carbons (Fsp3) is 0.429. The number of benzene rings is 1. The highest BCUT2D eigenvalue weighted by Gasteiger charge is 2.43. The van der Waals surface area contributed by atoms with Crippen LogP contribution in [-0.2, 0) is 14.3 Å². The lowest BCUT2D eigenvalue weighted by Gasteiger charge is -2.36. The number of methoxy groups -OCH3 is 2. The molecule has 2 aromatic rings. The molecular formula is C28H33NO6. The topological polar surface area (TPSA) is 87.0 Å². The third-order valence-electron chi connectivity index (χ3n) is 6.86. The minimum Gasteiger partial charge on any atom is -0.493 e. The third kappa shape index (κ3) is 4.72. The lowest BCUT2D eigenvalue weighted by atomic mass is 9.73. The van der Waals surface area contributed by atoms with Crippen LogP contribution in [0.1, 0.15) is 69.0 Å². The van der Waals surface area contributed by atoms with Crippen LogP contribution >= 0.6 is 0 Å². The number of furan rings is 1. The minimum atomic E-state index is -0.602. The molecule has 186 valence electrons. The predicted molar refractivity (Wildman–Crippen MR) is 131 cm³/mol. The van der Waals surface area contributed by atoms with Crippen molar-refractivity contribution in [2.45, 2.75) is 64.9 Å². The highest BCUT2D eigenvalue weighted by atomic mass is 16.5. The molecule has 0 unspecified atom stereocenters. The van der Waals surface area contributed by atoms with Gasteiger partial charge >= 0.3 is 5.97 Å². The number of hydrogen-bond acceptors (Lipinski definition) is 7. The molecule has 7 heteroatoms. The summed E-state index contributed by atoms with van der Waals surface area (Å²) in [5.74, 6) is 1.49. The SMILES string of the molecule is CC[C@H](C)OC(=O)C1=C(C)NC2=C(C(=O)C[C@H](c3ccc(OC)c(OC)c3)C2)[C@H]1c1ccc(C)o1. The average molecular weight is 480 g/mol. The molecule has 1 N–H and O–H groups in total. The molecule has 3 atom stereocenters. The van der Waals surface area contributed by atoms with Gasteiger partial charge in [-0.05, 0) is 69.4 Å². The zero-order valence-corrected chi connectivity index (χ0v) is 21.2. The van der Waals surface area contributed by atoms with Gasteiger partial charge in [-0.1, -0.05) is 13.0 Å². The number of rotatable bonds is 7. The first kappa shape index (κ1) is 24.6. The predicted octanol–water partition coefficient (Wildman–Crippen LogP) is 5.31. The number of aryl methyl sites for hydroxylation is 1. The van der Waals surface area contributed by atoms with Crippen LogP contribution in [-0.4, -0.2) is 32.1 Å². The molecule has 4 rings (SSSR count). The number of carbonyl (C=O) groups is 2. The monoisotopic (exact) mass is 479 g/mol. The number of allylic oxidation sites excluding steroid dienone is 3. The molecule has 0 radical (unpaired) electrons. The maximum absolute atomic E-state index is 13.7. The van der Waals surface area contributed by atoms with Crippen LogP contribution in [0.25, 0.3) is 0 Å². The van der Waals surface area contributed by atoms with Crippen molar-refractivity contribution in [2.75, 3.05) is 14.2 Å². The maximum Gasteiger partial charge on any atom is 0.337 e. The first-order valence-electron chi connectivity index (χ1n) is 12.0. The van der Waals surface area contributed by atoms with Crippen molar-refractivity contribution < 1.29 is 28.2 Å². The second kappa shape index (κ2) is 10.0. The smallest absolute Gasteiger partial charge is 0.337 e. The van der Waals surface area contributed by atoms with Gasteiger partial charge in [0.05, 0.1) is 31.8 Å². The molecule has 0 bridgehead atoms. The number of dihydropyridines is 1. The van der Waals surface area contributed by atoms with Crippen molar-refractivity contribution in [3.63, 3.8) is 0 Å². The van der Waals surface area contributed by atoms with E-state index in [0.717, 1.165) is 17.0 Å². The lowest BCUT2D eigenvalue weighted by molar-refractivity contribution is -0.144. The van der Waals surface area contributed by atoms with Crippen molar-refractivity contribution in [2.24, 2.45) is 0 Å². The summed E-state index contributed by atoms with van der Waals surface area (Å²) in [6.07, 6.45) is 1.42. The molecule has 7 nitrogen and oxygen atoms in total. The molecule has 2 aliphatic rings. The number of ketones is 1. The zero-order chi connectivity index (χ0) is 25.3. The number of esters is 1. The molecule has 0 saturated heterocycles. The Morgan fingerprint density at radius 1 is 1.11 bits per heavy atom. The van der Waals surface area contributed by atoms with E-state index in [-0.39, 0.29) is 17.8 Å². The Hall–Kier alpha value is -3.48. The van der Waals surface area contributed by atoms with E-state index in [9.17, 15) is 9.59 Å². The Morgan fingerprint density at radius 3 is 2.49 bits per heavy atom. The van der Waals surface area contributed by atoms with Gasteiger partial charge in [-0.25, -0.2) is 4.79 Å². The molecule has 1 aromatic heterocycles. The van der Waals surface area contributed by atoms with Crippen molar-refractivity contribution >= 4 is 11.8 Å². The Bertz CT molecular complexity index is 1200. The normalized spacial score (nSPS) is 20.8. The van der Waals surface area contributed by atoms with Gasteiger partial charge in [0.2, 0.25) is 0 Å². The summed E-state index contributed by atoms with van der Waals surface area (Å²) < 4.78 is 22.5. The highest BCUT2D eigenvalue weighted by molar-refractivity contribution is 6.04. The first-order chi connectivity index (χ1) is 16.8. The second-order valence-electron chi connectivity index (χ2n) is 9.20. The molecule has 1 aliphatic carbocycles. The Labute approximate surface area is 206 Å². The van der Waals surface area contributed by atoms with E-state index in [1.165, 1.54) is 0 Å². The number of ether oxygens (including phenoxy) is 3. The number of carbonyl (C=O) groups excluding carboxylic acids is 2. The Kier molecular flexibility index (Phi) is 7.05. The summed E-state index contributed by atoms with van der Waals surface area (Å²) in [6, 6.07) is 9.45. The Balaban J connectivity index is 1.74. The summed E-state index contributed by atoms with van der Waals surface area (Å²) in [6.45, 7) is 7.53. The molecular weight excluding hydrogens is 446 g/mol. The average Bonchev–Trinajstić information content (AvgIpc) is 3.28. The molecule has 0 saturated carbocycles. The van der Waals surface area contributed by atoms with E-state index in [0.29, 0.717) is 53.4 Å². The van der Waals surface area contributed by atoms with Crippen molar-refractivity contribution in [1.29, 1.82) is 0 Å². The van der Waals surface area contributed by atoms with Crippen LogP contribution in [0.3, 0.4) is 0 Å². The van der Waals surface area contributed by atoms with Gasteiger partial charge in [0.1, 0.15) is 11.5 Å². The van der Waals surface area contributed by atoms with Gasteiger partial charge in [0, 0.05) is 23.4 Å². The molecule has 0 fully saturated rings. The van der Waals surface area contributed by atoms with Crippen molar-refractivity contribution in [3.8, 4) is 11.5 Å². The largest absolute Gasteiger partial charge is 0.493 e. The third-order valence-corrected chi connectivity index (χ3v) is 6.86. The maximum atomic E-state index is 13.7. The van der Waals surface area contributed by atoms with Crippen molar-refractivity contribution in [3.05, 3.63) is 70.0 Å². The van der Waals surface area contributed by atoms with Crippen molar-refractivity contribution in [1.82, 2.24) is 5.32 Å². The van der Waals surface area contributed by atoms with Gasteiger partial charge in [0.15, 0.2) is 17.3 Å². The first-order valence-corrected chi connectivity index (χ1v) is 12.0. The molecule has 35 heavy (non-hydrogen) atoms.